The van der Waals surface area contributed by atoms with Crippen molar-refractivity contribution < 1.29 is 4.79 Å². The van der Waals surface area contributed by atoms with Crippen LogP contribution >= 0.6 is 0 Å². The number of rotatable bonds is 3. The third-order valence-electron chi connectivity index (χ3n) is 2.63. The number of benzene rings is 1. The number of hydrogen-bond acceptors (Lipinski definition) is 2. The largest absolute Gasteiger partial charge is 0.300 e. The number of carbonyl (C=O) groups excluding carboxylic acids is 1. The van der Waals surface area contributed by atoms with Crippen LogP contribution in [0.15, 0.2) is 35.9 Å². The van der Waals surface area contributed by atoms with Crippen molar-refractivity contribution in [2.45, 2.75) is 40.5 Å². The molecule has 0 radical (unpaired) electrons. The van der Waals surface area contributed by atoms with Crippen LogP contribution in [0, 0.1) is 11.3 Å². The van der Waals surface area contributed by atoms with E-state index in [9.17, 15) is 4.79 Å². The van der Waals surface area contributed by atoms with Crippen molar-refractivity contribution in [1.82, 2.24) is 0 Å². The Morgan fingerprint density at radius 1 is 1.11 bits per heavy atom. The highest BCUT2D eigenvalue weighted by Crippen LogP contribution is 2.19. The summed E-state index contributed by atoms with van der Waals surface area (Å²) in [6.45, 7) is 7.50. The van der Waals surface area contributed by atoms with E-state index < -0.39 is 0 Å². The molecule has 0 saturated carbocycles. The van der Waals surface area contributed by atoms with Crippen LogP contribution in [-0.4, -0.2) is 5.78 Å². The Balaban J connectivity index is 0.000000494. The molecule has 0 atom stereocenters. The average Bonchev–Trinajstić information content (AvgIpc) is 2.41. The maximum Gasteiger partial charge on any atom is 0.129 e. The molecule has 0 saturated heterocycles. The molecule has 1 aromatic rings. The van der Waals surface area contributed by atoms with E-state index in [4.69, 9.17) is 5.26 Å². The summed E-state index contributed by atoms with van der Waals surface area (Å²) in [5.41, 5.74) is 2.97. The second-order valence-corrected chi connectivity index (χ2v) is 4.04. The Hall–Kier alpha value is -1.88. The van der Waals surface area contributed by atoms with Gasteiger partial charge in [0, 0.05) is 6.42 Å². The first-order valence-electron chi connectivity index (χ1n) is 6.21. The van der Waals surface area contributed by atoms with Crippen molar-refractivity contribution in [2.24, 2.45) is 0 Å². The Morgan fingerprint density at radius 3 is 1.94 bits per heavy atom. The molecule has 0 aromatic heterocycles. The molecule has 0 N–H and O–H groups in total. The maximum atomic E-state index is 9.81. The summed E-state index contributed by atoms with van der Waals surface area (Å²) in [5.74, 6) is 0.255. The van der Waals surface area contributed by atoms with Gasteiger partial charge in [0.1, 0.15) is 5.78 Å². The zero-order valence-electron chi connectivity index (χ0n) is 11.7. The van der Waals surface area contributed by atoms with E-state index in [-0.39, 0.29) is 5.78 Å². The first kappa shape index (κ1) is 16.1. The molecule has 0 aliphatic carbocycles. The second kappa shape index (κ2) is 9.18. The van der Waals surface area contributed by atoms with Gasteiger partial charge in [0.15, 0.2) is 0 Å². The van der Waals surface area contributed by atoms with Gasteiger partial charge in [0.05, 0.1) is 11.6 Å². The minimum absolute atomic E-state index is 0.255. The summed E-state index contributed by atoms with van der Waals surface area (Å²) >= 11 is 0. The van der Waals surface area contributed by atoms with Gasteiger partial charge in [-0.25, -0.2) is 0 Å². The first-order valence-corrected chi connectivity index (χ1v) is 6.21. The van der Waals surface area contributed by atoms with E-state index in [0.717, 1.165) is 23.1 Å². The van der Waals surface area contributed by atoms with Crippen LogP contribution in [0.3, 0.4) is 0 Å². The van der Waals surface area contributed by atoms with Crippen molar-refractivity contribution in [3.8, 4) is 6.07 Å². The molecule has 0 spiro atoms. The van der Waals surface area contributed by atoms with Crippen LogP contribution in [0.4, 0.5) is 0 Å². The highest BCUT2D eigenvalue weighted by Gasteiger charge is 2.02. The standard InChI is InChI=1S/C12H13N.C4H8O/c1-3-10(2)12(9-13)11-7-5-4-6-8-11;1-3-4(2)5/h4-8H,3H2,1-2H3;3H2,1-2H3. The lowest BCUT2D eigenvalue weighted by Crippen LogP contribution is -1.85. The van der Waals surface area contributed by atoms with Crippen molar-refractivity contribution >= 4 is 11.4 Å². The summed E-state index contributed by atoms with van der Waals surface area (Å²) in [4.78, 5) is 9.81. The molecular weight excluding hydrogens is 222 g/mol. The van der Waals surface area contributed by atoms with Crippen LogP contribution in [0.2, 0.25) is 0 Å². The van der Waals surface area contributed by atoms with Crippen LogP contribution < -0.4 is 0 Å². The zero-order chi connectivity index (χ0) is 14.0. The third-order valence-corrected chi connectivity index (χ3v) is 2.63. The van der Waals surface area contributed by atoms with Gasteiger partial charge >= 0.3 is 0 Å². The molecule has 2 nitrogen and oxygen atoms in total. The number of nitrogens with zero attached hydrogens (tertiary/aromatic N) is 1. The lowest BCUT2D eigenvalue weighted by atomic mass is 10.0. The Morgan fingerprint density at radius 2 is 1.61 bits per heavy atom. The zero-order valence-corrected chi connectivity index (χ0v) is 11.7. The van der Waals surface area contributed by atoms with Crippen LogP contribution in [0.25, 0.3) is 5.57 Å². The summed E-state index contributed by atoms with van der Waals surface area (Å²) in [5, 5.41) is 8.97. The van der Waals surface area contributed by atoms with Crippen LogP contribution in [0.5, 0.6) is 0 Å². The van der Waals surface area contributed by atoms with Gasteiger partial charge in [-0.3, -0.25) is 0 Å². The van der Waals surface area contributed by atoms with Crippen LogP contribution in [0.1, 0.15) is 46.1 Å². The normalized spacial score (nSPS) is 10.6. The van der Waals surface area contributed by atoms with E-state index in [1.807, 2.05) is 44.2 Å². The number of carbonyl (C=O) groups is 1. The first-order chi connectivity index (χ1) is 8.56. The summed E-state index contributed by atoms with van der Waals surface area (Å²) in [7, 11) is 0. The highest BCUT2D eigenvalue weighted by molar-refractivity contribution is 5.78. The van der Waals surface area contributed by atoms with Gasteiger partial charge in [-0.1, -0.05) is 49.8 Å². The molecule has 0 bridgehead atoms. The van der Waals surface area contributed by atoms with Crippen molar-refractivity contribution in [2.75, 3.05) is 0 Å². The SMILES string of the molecule is CCC(C)=C(C#N)c1ccccc1.CCC(C)=O. The Bertz CT molecular complexity index is 438. The van der Waals surface area contributed by atoms with Gasteiger partial charge < -0.3 is 4.79 Å². The molecule has 1 rings (SSSR count). The molecule has 0 aliphatic heterocycles. The van der Waals surface area contributed by atoms with Gasteiger partial charge in [-0.2, -0.15) is 5.26 Å². The molecule has 0 heterocycles. The molecule has 0 fully saturated rings. The number of allylic oxidation sites excluding steroid dienone is 2. The van der Waals surface area contributed by atoms with E-state index in [2.05, 4.69) is 13.0 Å². The van der Waals surface area contributed by atoms with Gasteiger partial charge in [-0.15, -0.1) is 0 Å². The topological polar surface area (TPSA) is 40.9 Å². The average molecular weight is 243 g/mol. The molecule has 18 heavy (non-hydrogen) atoms. The van der Waals surface area contributed by atoms with Crippen molar-refractivity contribution in [1.29, 1.82) is 5.26 Å². The smallest absolute Gasteiger partial charge is 0.129 e. The van der Waals surface area contributed by atoms with Gasteiger partial charge in [-0.05, 0) is 25.8 Å². The highest BCUT2D eigenvalue weighted by atomic mass is 16.1. The second-order valence-electron chi connectivity index (χ2n) is 4.04. The third kappa shape index (κ3) is 6.00. The fraction of sp³-hybridized carbons (Fsp3) is 0.375. The van der Waals surface area contributed by atoms with E-state index in [1.54, 1.807) is 6.92 Å². The number of Topliss-reactive ketones (excluding diaryl/α,β-unsaturated/α-hetero) is 1. The fourth-order valence-electron chi connectivity index (χ4n) is 1.19. The number of ketones is 1. The summed E-state index contributed by atoms with van der Waals surface area (Å²) in [6, 6.07) is 12.1. The minimum Gasteiger partial charge on any atom is -0.300 e. The molecule has 2 heteroatoms. The number of nitriles is 1. The predicted octanol–water partition coefficient (Wildman–Crippen LogP) is 4.38. The van der Waals surface area contributed by atoms with E-state index in [1.165, 1.54) is 0 Å². The molecule has 0 aliphatic rings. The lowest BCUT2D eigenvalue weighted by Gasteiger charge is -2.02. The van der Waals surface area contributed by atoms with E-state index in [0.29, 0.717) is 6.42 Å². The quantitative estimate of drug-likeness (QED) is 0.739. The van der Waals surface area contributed by atoms with Crippen LogP contribution in [-0.2, 0) is 4.79 Å². The van der Waals surface area contributed by atoms with Gasteiger partial charge in [0.2, 0.25) is 0 Å². The van der Waals surface area contributed by atoms with Crippen molar-refractivity contribution in [3.05, 3.63) is 41.5 Å². The Labute approximate surface area is 110 Å². The monoisotopic (exact) mass is 243 g/mol. The minimum atomic E-state index is 0.255. The maximum absolute atomic E-state index is 9.81. The van der Waals surface area contributed by atoms with Crippen molar-refractivity contribution in [3.63, 3.8) is 0 Å². The molecule has 0 amide bonds. The summed E-state index contributed by atoms with van der Waals surface area (Å²) in [6.07, 6.45) is 1.60. The lowest BCUT2D eigenvalue weighted by molar-refractivity contribution is -0.116. The Kier molecular flexibility index (Phi) is 8.22. The van der Waals surface area contributed by atoms with Gasteiger partial charge in [0.25, 0.3) is 0 Å². The molecular formula is C16H21NO. The number of hydrogen-bond donors (Lipinski definition) is 0. The van der Waals surface area contributed by atoms with E-state index >= 15 is 0 Å². The molecule has 96 valence electrons. The predicted molar refractivity (Wildman–Crippen MR) is 75.9 cm³/mol. The fourth-order valence-corrected chi connectivity index (χ4v) is 1.19. The summed E-state index contributed by atoms with van der Waals surface area (Å²) < 4.78 is 0. The molecule has 1 aromatic carbocycles. The molecule has 0 unspecified atom stereocenters.